The van der Waals surface area contributed by atoms with Gasteiger partial charge in [-0.25, -0.2) is 12.8 Å². The van der Waals surface area contributed by atoms with E-state index in [-0.39, 0.29) is 26.2 Å². The second kappa shape index (κ2) is 5.90. The third-order valence-electron chi connectivity index (χ3n) is 2.55. The molecule has 0 aliphatic carbocycles. The van der Waals surface area contributed by atoms with Gasteiger partial charge in [0.05, 0.1) is 21.7 Å². The van der Waals surface area contributed by atoms with E-state index < -0.39 is 15.8 Å². The zero-order valence-corrected chi connectivity index (χ0v) is 12.6. The molecule has 0 saturated heterocycles. The maximum Gasteiger partial charge on any atom is 0.263 e. The smallest absolute Gasteiger partial charge is 0.263 e. The van der Waals surface area contributed by atoms with Crippen LogP contribution in [0.3, 0.4) is 0 Å². The number of anilines is 1. The largest absolute Gasteiger partial charge is 0.275 e. The van der Waals surface area contributed by atoms with Crippen molar-refractivity contribution in [3.05, 3.63) is 57.8 Å². The minimum absolute atomic E-state index is 0.0889. The zero-order valence-electron chi connectivity index (χ0n) is 10.3. The van der Waals surface area contributed by atoms with Crippen molar-refractivity contribution in [1.29, 1.82) is 5.26 Å². The molecule has 0 spiro atoms. The number of sulfonamides is 1. The molecule has 1 N–H and O–H groups in total. The maximum atomic E-state index is 13.6. The van der Waals surface area contributed by atoms with Crippen LogP contribution in [-0.4, -0.2) is 8.42 Å². The molecule has 0 bridgehead atoms. The lowest BCUT2D eigenvalue weighted by Crippen LogP contribution is -2.15. The van der Waals surface area contributed by atoms with Crippen molar-refractivity contribution in [2.45, 2.75) is 4.90 Å². The van der Waals surface area contributed by atoms with Crippen molar-refractivity contribution >= 4 is 38.9 Å². The Kier molecular flexibility index (Phi) is 4.37. The number of nitriles is 1. The summed E-state index contributed by atoms with van der Waals surface area (Å²) in [5.41, 5.74) is -0.267. The first-order chi connectivity index (χ1) is 9.85. The summed E-state index contributed by atoms with van der Waals surface area (Å²) in [6.45, 7) is 0. The van der Waals surface area contributed by atoms with Gasteiger partial charge in [0, 0.05) is 0 Å². The summed E-state index contributed by atoms with van der Waals surface area (Å²) < 4.78 is 40.2. The molecule has 8 heteroatoms. The number of halogens is 3. The number of hydrogen-bond acceptors (Lipinski definition) is 3. The molecule has 21 heavy (non-hydrogen) atoms. The van der Waals surface area contributed by atoms with Crippen molar-refractivity contribution < 1.29 is 12.8 Å². The van der Waals surface area contributed by atoms with Crippen molar-refractivity contribution in [1.82, 2.24) is 0 Å². The second-order valence-electron chi connectivity index (χ2n) is 3.96. The van der Waals surface area contributed by atoms with Crippen molar-refractivity contribution in [2.75, 3.05) is 4.72 Å². The Balaban J connectivity index is 2.51. The van der Waals surface area contributed by atoms with Gasteiger partial charge < -0.3 is 0 Å². The second-order valence-corrected chi connectivity index (χ2v) is 6.42. The monoisotopic (exact) mass is 344 g/mol. The highest BCUT2D eigenvalue weighted by Crippen LogP contribution is 2.29. The fraction of sp³-hybridized carbons (Fsp3) is 0. The predicted molar refractivity (Wildman–Crippen MR) is 78.4 cm³/mol. The molecule has 2 aromatic rings. The van der Waals surface area contributed by atoms with Crippen LogP contribution < -0.4 is 4.72 Å². The van der Waals surface area contributed by atoms with Gasteiger partial charge in [0.2, 0.25) is 0 Å². The first kappa shape index (κ1) is 15.6. The molecule has 0 aromatic heterocycles. The average Bonchev–Trinajstić information content (AvgIpc) is 2.43. The van der Waals surface area contributed by atoms with Gasteiger partial charge in [-0.1, -0.05) is 29.3 Å². The highest BCUT2D eigenvalue weighted by Gasteiger charge is 2.21. The fourth-order valence-electron chi connectivity index (χ4n) is 1.56. The number of para-hydroxylation sites is 1. The SMILES string of the molecule is N#Cc1ccc(Cl)c(S(=O)(=O)Nc2c(F)cccc2Cl)c1. The lowest BCUT2D eigenvalue weighted by molar-refractivity contribution is 0.598. The van der Waals surface area contributed by atoms with E-state index in [2.05, 4.69) is 0 Å². The molecule has 0 heterocycles. The van der Waals surface area contributed by atoms with Gasteiger partial charge >= 0.3 is 0 Å². The highest BCUT2D eigenvalue weighted by molar-refractivity contribution is 7.92. The molecule has 108 valence electrons. The molecule has 0 unspecified atom stereocenters. The van der Waals surface area contributed by atoms with Crippen molar-refractivity contribution in [2.24, 2.45) is 0 Å². The minimum Gasteiger partial charge on any atom is -0.275 e. The quantitative estimate of drug-likeness (QED) is 0.920. The van der Waals surface area contributed by atoms with Crippen molar-refractivity contribution in [3.8, 4) is 6.07 Å². The maximum absolute atomic E-state index is 13.6. The normalized spacial score (nSPS) is 11.0. The van der Waals surface area contributed by atoms with Crippen LogP contribution in [0, 0.1) is 17.1 Å². The molecule has 0 radical (unpaired) electrons. The van der Waals surface area contributed by atoms with E-state index in [1.165, 1.54) is 24.3 Å². The van der Waals surface area contributed by atoms with Crippen LogP contribution >= 0.6 is 23.2 Å². The first-order valence-electron chi connectivity index (χ1n) is 5.51. The molecule has 2 rings (SSSR count). The van der Waals surface area contributed by atoms with Gasteiger partial charge in [-0.3, -0.25) is 4.72 Å². The Morgan fingerprint density at radius 1 is 1.14 bits per heavy atom. The molecule has 0 saturated carbocycles. The Hall–Kier alpha value is -1.81. The van der Waals surface area contributed by atoms with Gasteiger partial charge in [-0.2, -0.15) is 5.26 Å². The summed E-state index contributed by atoms with van der Waals surface area (Å²) in [6, 6.07) is 9.30. The molecule has 4 nitrogen and oxygen atoms in total. The molecule has 0 amide bonds. The van der Waals surface area contributed by atoms with E-state index in [9.17, 15) is 12.8 Å². The van der Waals surface area contributed by atoms with Crippen LogP contribution in [0.25, 0.3) is 0 Å². The molecule has 0 aliphatic heterocycles. The molecule has 2 aromatic carbocycles. The molecule has 0 fully saturated rings. The summed E-state index contributed by atoms with van der Waals surface area (Å²) >= 11 is 11.6. The molecule has 0 atom stereocenters. The van der Waals surface area contributed by atoms with Gasteiger partial charge in [-0.05, 0) is 30.3 Å². The van der Waals surface area contributed by atoms with Gasteiger partial charge in [0.25, 0.3) is 10.0 Å². The van der Waals surface area contributed by atoms with E-state index in [0.717, 1.165) is 12.1 Å². The Bertz CT molecular complexity index is 827. The highest BCUT2D eigenvalue weighted by atomic mass is 35.5. The standard InChI is InChI=1S/C13H7Cl2FN2O2S/c14-9-5-4-8(7-17)6-12(9)21(19,20)18-13-10(15)2-1-3-11(13)16/h1-6,18H. The predicted octanol–water partition coefficient (Wildman–Crippen LogP) is 3.80. The number of nitrogens with zero attached hydrogens (tertiary/aromatic N) is 1. The summed E-state index contributed by atoms with van der Waals surface area (Å²) in [4.78, 5) is -0.331. The van der Waals surface area contributed by atoms with Crippen LogP contribution in [0.2, 0.25) is 10.0 Å². The third-order valence-corrected chi connectivity index (χ3v) is 4.70. The zero-order chi connectivity index (χ0) is 15.6. The Labute approximate surface area is 130 Å². The summed E-state index contributed by atoms with van der Waals surface area (Å²) in [7, 11) is -4.18. The van der Waals surface area contributed by atoms with Gasteiger partial charge in [0.1, 0.15) is 16.4 Å². The number of rotatable bonds is 3. The summed E-state index contributed by atoms with van der Waals surface area (Å²) in [5.74, 6) is -0.821. The van der Waals surface area contributed by atoms with E-state index in [0.29, 0.717) is 0 Å². The first-order valence-corrected chi connectivity index (χ1v) is 7.75. The van der Waals surface area contributed by atoms with Crippen LogP contribution in [0.4, 0.5) is 10.1 Å². The van der Waals surface area contributed by atoms with E-state index in [1.807, 2.05) is 4.72 Å². The van der Waals surface area contributed by atoms with Crippen LogP contribution in [0.15, 0.2) is 41.3 Å². The van der Waals surface area contributed by atoms with E-state index >= 15 is 0 Å². The number of nitrogens with one attached hydrogen (secondary N) is 1. The topological polar surface area (TPSA) is 70.0 Å². The van der Waals surface area contributed by atoms with E-state index in [1.54, 1.807) is 6.07 Å². The number of benzene rings is 2. The Morgan fingerprint density at radius 3 is 2.48 bits per heavy atom. The van der Waals surface area contributed by atoms with E-state index in [4.69, 9.17) is 28.5 Å². The molecule has 0 aliphatic rings. The van der Waals surface area contributed by atoms with Crippen LogP contribution in [0.1, 0.15) is 5.56 Å². The Morgan fingerprint density at radius 2 is 1.86 bits per heavy atom. The lowest BCUT2D eigenvalue weighted by atomic mass is 10.2. The van der Waals surface area contributed by atoms with Gasteiger partial charge in [0.15, 0.2) is 0 Å². The minimum atomic E-state index is -4.18. The van der Waals surface area contributed by atoms with Crippen LogP contribution in [0.5, 0.6) is 0 Å². The summed E-state index contributed by atoms with van der Waals surface area (Å²) in [6.07, 6.45) is 0. The average molecular weight is 345 g/mol. The number of hydrogen-bond donors (Lipinski definition) is 1. The summed E-state index contributed by atoms with van der Waals surface area (Å²) in [5, 5.41) is 8.63. The van der Waals surface area contributed by atoms with Crippen LogP contribution in [-0.2, 0) is 10.0 Å². The fourth-order valence-corrected chi connectivity index (χ4v) is 3.45. The van der Waals surface area contributed by atoms with Crippen molar-refractivity contribution in [3.63, 3.8) is 0 Å². The molecular weight excluding hydrogens is 338 g/mol. The third kappa shape index (κ3) is 3.27. The van der Waals surface area contributed by atoms with Gasteiger partial charge in [-0.15, -0.1) is 0 Å². The lowest BCUT2D eigenvalue weighted by Gasteiger charge is -2.11. The molecular formula is C13H7Cl2FN2O2S.